The molecule has 1 saturated heterocycles. The van der Waals surface area contributed by atoms with Gasteiger partial charge in [0.25, 0.3) is 0 Å². The molecule has 5 nitrogen and oxygen atoms in total. The van der Waals surface area contributed by atoms with Crippen LogP contribution >= 0.6 is 0 Å². The molecule has 0 aromatic heterocycles. The molecule has 0 saturated carbocycles. The smallest absolute Gasteiger partial charge is 0.231 e. The van der Waals surface area contributed by atoms with Crippen LogP contribution in [0.5, 0.6) is 0 Å². The lowest BCUT2D eigenvalue weighted by molar-refractivity contribution is -0.127. The number of carbonyl (C=O) groups is 2. The zero-order chi connectivity index (χ0) is 14.8. The molecule has 0 radical (unpaired) electrons. The minimum absolute atomic E-state index is 0.0434. The minimum atomic E-state index is -0.104. The third kappa shape index (κ3) is 2.65. The summed E-state index contributed by atoms with van der Waals surface area (Å²) in [6.45, 7) is 1.79. The average Bonchev–Trinajstić information content (AvgIpc) is 2.87. The SMILES string of the molecule is NCCC1CN(C(=O)C2CCC(=O)NC2)c2ccccc21. The highest BCUT2D eigenvalue weighted by Gasteiger charge is 2.35. The summed E-state index contributed by atoms with van der Waals surface area (Å²) in [5, 5.41) is 2.79. The van der Waals surface area contributed by atoms with Crippen LogP contribution in [0.1, 0.15) is 30.7 Å². The first kappa shape index (κ1) is 14.1. The van der Waals surface area contributed by atoms with Crippen molar-refractivity contribution in [2.24, 2.45) is 11.7 Å². The monoisotopic (exact) mass is 287 g/mol. The number of anilines is 1. The topological polar surface area (TPSA) is 75.4 Å². The summed E-state index contributed by atoms with van der Waals surface area (Å²) < 4.78 is 0. The Morgan fingerprint density at radius 2 is 2.19 bits per heavy atom. The van der Waals surface area contributed by atoms with Gasteiger partial charge in [0.1, 0.15) is 0 Å². The fourth-order valence-electron chi connectivity index (χ4n) is 3.32. The van der Waals surface area contributed by atoms with E-state index in [1.54, 1.807) is 0 Å². The van der Waals surface area contributed by atoms with E-state index in [2.05, 4.69) is 11.4 Å². The molecule has 2 heterocycles. The Bertz CT molecular complexity index is 548. The number of nitrogens with one attached hydrogen (secondary N) is 1. The van der Waals surface area contributed by atoms with Crippen molar-refractivity contribution in [3.63, 3.8) is 0 Å². The van der Waals surface area contributed by atoms with Gasteiger partial charge in [-0.15, -0.1) is 0 Å². The van der Waals surface area contributed by atoms with Gasteiger partial charge in [-0.1, -0.05) is 18.2 Å². The minimum Gasteiger partial charge on any atom is -0.355 e. The van der Waals surface area contributed by atoms with Crippen LogP contribution in [-0.2, 0) is 9.59 Å². The second-order valence-corrected chi connectivity index (χ2v) is 5.82. The molecule has 3 N–H and O–H groups in total. The summed E-state index contributed by atoms with van der Waals surface area (Å²) >= 11 is 0. The van der Waals surface area contributed by atoms with E-state index in [1.165, 1.54) is 5.56 Å². The molecule has 112 valence electrons. The van der Waals surface area contributed by atoms with Crippen molar-refractivity contribution in [2.75, 3.05) is 24.5 Å². The maximum absolute atomic E-state index is 12.8. The van der Waals surface area contributed by atoms with Crippen molar-refractivity contribution in [1.29, 1.82) is 0 Å². The van der Waals surface area contributed by atoms with E-state index in [0.29, 0.717) is 38.4 Å². The van der Waals surface area contributed by atoms with Crippen molar-refractivity contribution < 1.29 is 9.59 Å². The van der Waals surface area contributed by atoms with E-state index in [-0.39, 0.29) is 17.7 Å². The third-order valence-corrected chi connectivity index (χ3v) is 4.47. The van der Waals surface area contributed by atoms with Crippen molar-refractivity contribution in [1.82, 2.24) is 5.32 Å². The predicted molar refractivity (Wildman–Crippen MR) is 80.9 cm³/mol. The molecule has 5 heteroatoms. The van der Waals surface area contributed by atoms with Gasteiger partial charge >= 0.3 is 0 Å². The van der Waals surface area contributed by atoms with Gasteiger partial charge in [0.2, 0.25) is 11.8 Å². The van der Waals surface area contributed by atoms with E-state index in [1.807, 2.05) is 23.1 Å². The van der Waals surface area contributed by atoms with Crippen molar-refractivity contribution in [2.45, 2.75) is 25.2 Å². The zero-order valence-corrected chi connectivity index (χ0v) is 12.0. The molecule has 2 unspecified atom stereocenters. The molecule has 0 bridgehead atoms. The number of rotatable bonds is 3. The lowest BCUT2D eigenvalue weighted by Crippen LogP contribution is -2.44. The Morgan fingerprint density at radius 1 is 1.38 bits per heavy atom. The van der Waals surface area contributed by atoms with E-state index >= 15 is 0 Å². The van der Waals surface area contributed by atoms with Crippen molar-refractivity contribution >= 4 is 17.5 Å². The van der Waals surface area contributed by atoms with Crippen LogP contribution in [0, 0.1) is 5.92 Å². The average molecular weight is 287 g/mol. The summed E-state index contributed by atoms with van der Waals surface area (Å²) in [5.41, 5.74) is 7.92. The lowest BCUT2D eigenvalue weighted by Gasteiger charge is -2.27. The number of piperidine rings is 1. The van der Waals surface area contributed by atoms with Crippen LogP contribution in [0.4, 0.5) is 5.69 Å². The Balaban J connectivity index is 1.79. The number of carbonyl (C=O) groups excluding carboxylic acids is 2. The number of amides is 2. The molecular weight excluding hydrogens is 266 g/mol. The summed E-state index contributed by atoms with van der Waals surface area (Å²) in [4.78, 5) is 25.9. The van der Waals surface area contributed by atoms with Gasteiger partial charge in [-0.3, -0.25) is 9.59 Å². The van der Waals surface area contributed by atoms with E-state index in [9.17, 15) is 9.59 Å². The maximum atomic E-state index is 12.8. The molecule has 0 aliphatic carbocycles. The number of fused-ring (bicyclic) bond motifs is 1. The number of benzene rings is 1. The molecule has 1 aromatic rings. The zero-order valence-electron chi connectivity index (χ0n) is 12.0. The van der Waals surface area contributed by atoms with Gasteiger partial charge in [0, 0.05) is 31.1 Å². The van der Waals surface area contributed by atoms with Crippen LogP contribution in [0.25, 0.3) is 0 Å². The molecule has 3 rings (SSSR count). The summed E-state index contributed by atoms with van der Waals surface area (Å²) in [6, 6.07) is 8.07. The Hall–Kier alpha value is -1.88. The number of para-hydroxylation sites is 1. The van der Waals surface area contributed by atoms with E-state index in [0.717, 1.165) is 12.1 Å². The summed E-state index contributed by atoms with van der Waals surface area (Å²) in [5.74, 6) is 0.393. The molecule has 2 atom stereocenters. The Kier molecular flexibility index (Phi) is 3.92. The second kappa shape index (κ2) is 5.85. The second-order valence-electron chi connectivity index (χ2n) is 5.82. The van der Waals surface area contributed by atoms with Gasteiger partial charge in [-0.2, -0.15) is 0 Å². The molecule has 21 heavy (non-hydrogen) atoms. The summed E-state index contributed by atoms with van der Waals surface area (Å²) in [6.07, 6.45) is 1.98. The molecule has 0 spiro atoms. The maximum Gasteiger partial charge on any atom is 0.231 e. The Morgan fingerprint density at radius 3 is 2.90 bits per heavy atom. The third-order valence-electron chi connectivity index (χ3n) is 4.47. The number of nitrogens with zero attached hydrogens (tertiary/aromatic N) is 1. The molecule has 2 aliphatic heterocycles. The van der Waals surface area contributed by atoms with Crippen molar-refractivity contribution in [3.05, 3.63) is 29.8 Å². The quantitative estimate of drug-likeness (QED) is 0.870. The van der Waals surface area contributed by atoms with Gasteiger partial charge in [0.05, 0.1) is 5.92 Å². The summed E-state index contributed by atoms with van der Waals surface area (Å²) in [7, 11) is 0. The first-order chi connectivity index (χ1) is 10.2. The highest BCUT2D eigenvalue weighted by molar-refractivity contribution is 5.98. The van der Waals surface area contributed by atoms with Gasteiger partial charge in [-0.25, -0.2) is 0 Å². The molecule has 1 fully saturated rings. The largest absolute Gasteiger partial charge is 0.355 e. The highest BCUT2D eigenvalue weighted by atomic mass is 16.2. The van der Waals surface area contributed by atoms with Crippen molar-refractivity contribution in [3.8, 4) is 0 Å². The van der Waals surface area contributed by atoms with Gasteiger partial charge in [-0.05, 0) is 31.0 Å². The highest BCUT2D eigenvalue weighted by Crippen LogP contribution is 2.38. The predicted octanol–water partition coefficient (Wildman–Crippen LogP) is 0.992. The van der Waals surface area contributed by atoms with E-state index in [4.69, 9.17) is 5.73 Å². The van der Waals surface area contributed by atoms with Crippen LogP contribution in [0.15, 0.2) is 24.3 Å². The van der Waals surface area contributed by atoms with Crippen LogP contribution in [0.2, 0.25) is 0 Å². The van der Waals surface area contributed by atoms with Gasteiger partial charge < -0.3 is 16.0 Å². The van der Waals surface area contributed by atoms with Gasteiger partial charge in [0.15, 0.2) is 0 Å². The van der Waals surface area contributed by atoms with Crippen LogP contribution in [0.3, 0.4) is 0 Å². The van der Waals surface area contributed by atoms with E-state index < -0.39 is 0 Å². The first-order valence-electron chi connectivity index (χ1n) is 7.57. The first-order valence-corrected chi connectivity index (χ1v) is 7.57. The lowest BCUT2D eigenvalue weighted by atomic mass is 9.97. The molecular formula is C16H21N3O2. The molecule has 2 aliphatic rings. The Labute approximate surface area is 124 Å². The number of hydrogen-bond donors (Lipinski definition) is 2. The normalized spacial score (nSPS) is 24.6. The fourth-order valence-corrected chi connectivity index (χ4v) is 3.32. The standard InChI is InChI=1S/C16H21N3O2/c17-8-7-12-10-19(14-4-2-1-3-13(12)14)16(21)11-5-6-15(20)18-9-11/h1-4,11-12H,5-10,17H2,(H,18,20). The molecule has 1 aromatic carbocycles. The van der Waals surface area contributed by atoms with Crippen LogP contribution < -0.4 is 16.0 Å². The van der Waals surface area contributed by atoms with Crippen LogP contribution in [-0.4, -0.2) is 31.4 Å². The number of hydrogen-bond acceptors (Lipinski definition) is 3. The number of nitrogens with two attached hydrogens (primary N) is 1. The molecule has 2 amide bonds. The fraction of sp³-hybridized carbons (Fsp3) is 0.500.